The molecule has 2 amide bonds. The van der Waals surface area contributed by atoms with Crippen LogP contribution in [-0.2, 0) is 4.79 Å². The Morgan fingerprint density at radius 1 is 1.14 bits per heavy atom. The Labute approximate surface area is 211 Å². The Morgan fingerprint density at radius 3 is 2.27 bits per heavy atom. The predicted octanol–water partition coefficient (Wildman–Crippen LogP) is 3.60. The summed E-state index contributed by atoms with van der Waals surface area (Å²) in [6, 6.07) is 10.7. The van der Waals surface area contributed by atoms with E-state index < -0.39 is 12.1 Å². The lowest BCUT2D eigenvalue weighted by atomic mass is 9.96. The summed E-state index contributed by atoms with van der Waals surface area (Å²) in [5.74, 6) is -1.78. The normalized spacial score (nSPS) is 14.2. The highest BCUT2D eigenvalue weighted by Gasteiger charge is 2.38. The first-order chi connectivity index (χ1) is 17.4. The van der Waals surface area contributed by atoms with Crippen molar-refractivity contribution < 1.29 is 41.8 Å². The molecule has 37 heavy (non-hydrogen) atoms. The molecule has 1 fully saturated rings. The lowest BCUT2D eigenvalue weighted by molar-refractivity contribution is -0.192. The average Bonchev–Trinajstić information content (AvgIpc) is 2.87. The van der Waals surface area contributed by atoms with E-state index in [0.717, 1.165) is 25.9 Å². The zero-order valence-electron chi connectivity index (χ0n) is 20.3. The number of likely N-dealkylation sites (tertiary alicyclic amines) is 1. The number of carbonyl (C=O) groups is 3. The van der Waals surface area contributed by atoms with Gasteiger partial charge in [-0.3, -0.25) is 14.6 Å². The number of benzene rings is 1. The second-order valence-corrected chi connectivity index (χ2v) is 8.24. The van der Waals surface area contributed by atoms with Crippen LogP contribution < -0.4 is 15.0 Å². The van der Waals surface area contributed by atoms with Crippen LogP contribution in [0.2, 0.25) is 0 Å². The van der Waals surface area contributed by atoms with Crippen molar-refractivity contribution in [3.63, 3.8) is 0 Å². The monoisotopic (exact) mass is 528 g/mol. The van der Waals surface area contributed by atoms with Crippen LogP contribution in [0.5, 0.6) is 5.88 Å². The molecule has 0 radical (unpaired) electrons. The van der Waals surface area contributed by atoms with Gasteiger partial charge in [0.1, 0.15) is 11.6 Å². The van der Waals surface area contributed by atoms with Crippen molar-refractivity contribution in [2.45, 2.75) is 19.0 Å². The fraction of sp³-hybridized carbons (Fsp3) is 0.417. The van der Waals surface area contributed by atoms with Gasteiger partial charge in [0.05, 0.1) is 13.7 Å². The number of halogens is 4. The largest absolute Gasteiger partial charge is 0.490 e. The summed E-state index contributed by atoms with van der Waals surface area (Å²) in [6.45, 7) is 2.49. The van der Waals surface area contributed by atoms with E-state index in [1.165, 1.54) is 36.3 Å². The number of Topliss-reactive ketones (excluding diaryl/α,β-unsaturated/α-hetero) is 1. The summed E-state index contributed by atoms with van der Waals surface area (Å²) < 4.78 is 49.8. The van der Waals surface area contributed by atoms with E-state index in [9.17, 15) is 27.2 Å². The van der Waals surface area contributed by atoms with Gasteiger partial charge in [0.25, 0.3) is 0 Å². The number of carboxylic acids is 1. The fourth-order valence-corrected chi connectivity index (χ4v) is 3.44. The number of urea groups is 1. The standard InChI is InChI=1S/C22H27FN4O3.C2HF3O2/c1-26(20-4-3-5-21(25-20)30-2)22(29)24-14-16-10-12-27(13-11-16)15-19(28)17-6-8-18(23)9-7-17;3-2(4,5)1(6)7/h3-9,16H,10-15H2,1-2H3,(H,24,29);(H,6,7). The summed E-state index contributed by atoms with van der Waals surface area (Å²) >= 11 is 0. The molecule has 1 aliphatic heterocycles. The van der Waals surface area contributed by atoms with Gasteiger partial charge in [-0.05, 0) is 62.2 Å². The van der Waals surface area contributed by atoms with E-state index in [2.05, 4.69) is 15.2 Å². The third-order valence-corrected chi connectivity index (χ3v) is 5.59. The molecule has 13 heteroatoms. The molecule has 1 aromatic carbocycles. The molecule has 0 bridgehead atoms. The van der Waals surface area contributed by atoms with Crippen LogP contribution in [0.1, 0.15) is 23.2 Å². The maximum Gasteiger partial charge on any atom is 0.490 e. The molecule has 0 unspecified atom stereocenters. The van der Waals surface area contributed by atoms with Gasteiger partial charge < -0.3 is 15.2 Å². The highest BCUT2D eigenvalue weighted by Crippen LogP contribution is 2.18. The molecule has 1 saturated heterocycles. The minimum Gasteiger partial charge on any atom is -0.481 e. The van der Waals surface area contributed by atoms with E-state index in [4.69, 9.17) is 14.6 Å². The van der Waals surface area contributed by atoms with E-state index in [0.29, 0.717) is 36.3 Å². The number of amides is 2. The van der Waals surface area contributed by atoms with E-state index in [1.807, 2.05) is 0 Å². The van der Waals surface area contributed by atoms with Crippen molar-refractivity contribution in [2.75, 3.05) is 45.2 Å². The highest BCUT2D eigenvalue weighted by atomic mass is 19.4. The third kappa shape index (κ3) is 9.67. The van der Waals surface area contributed by atoms with Crippen LogP contribution in [0.15, 0.2) is 42.5 Å². The Balaban J connectivity index is 0.000000604. The van der Waals surface area contributed by atoms with E-state index >= 15 is 0 Å². The Morgan fingerprint density at radius 2 is 1.73 bits per heavy atom. The number of methoxy groups -OCH3 is 1. The molecular formula is C24H28F4N4O5. The van der Waals surface area contributed by atoms with Crippen LogP contribution in [0.4, 0.5) is 28.2 Å². The predicted molar refractivity (Wildman–Crippen MR) is 126 cm³/mol. The molecule has 1 aromatic heterocycles. The van der Waals surface area contributed by atoms with Crippen molar-refractivity contribution in [3.05, 3.63) is 53.8 Å². The van der Waals surface area contributed by atoms with Crippen LogP contribution in [0.3, 0.4) is 0 Å². The number of ether oxygens (including phenoxy) is 1. The number of piperidine rings is 1. The molecule has 202 valence electrons. The highest BCUT2D eigenvalue weighted by molar-refractivity contribution is 5.97. The number of nitrogens with one attached hydrogen (secondary N) is 1. The lowest BCUT2D eigenvalue weighted by Crippen LogP contribution is -2.43. The molecule has 2 heterocycles. The van der Waals surface area contributed by atoms with Crippen LogP contribution in [-0.4, -0.2) is 79.3 Å². The van der Waals surface area contributed by atoms with E-state index in [1.54, 1.807) is 25.2 Å². The smallest absolute Gasteiger partial charge is 0.481 e. The summed E-state index contributed by atoms with van der Waals surface area (Å²) in [5, 5.41) is 10.1. The zero-order chi connectivity index (χ0) is 27.6. The summed E-state index contributed by atoms with van der Waals surface area (Å²) in [4.78, 5) is 41.5. The topological polar surface area (TPSA) is 112 Å². The molecule has 0 spiro atoms. The SMILES string of the molecule is COc1cccc(N(C)C(=O)NCC2CCN(CC(=O)c3ccc(F)cc3)CC2)n1.O=C(O)C(F)(F)F. The van der Waals surface area contributed by atoms with Crippen molar-refractivity contribution in [3.8, 4) is 5.88 Å². The van der Waals surface area contributed by atoms with Gasteiger partial charge in [0.2, 0.25) is 5.88 Å². The number of aliphatic carboxylic acids is 1. The maximum absolute atomic E-state index is 13.0. The van der Waals surface area contributed by atoms with Gasteiger partial charge in [-0.2, -0.15) is 18.2 Å². The first-order valence-corrected chi connectivity index (χ1v) is 11.2. The third-order valence-electron chi connectivity index (χ3n) is 5.59. The number of rotatable bonds is 7. The van der Waals surface area contributed by atoms with Gasteiger partial charge in [0, 0.05) is 25.2 Å². The van der Waals surface area contributed by atoms with Gasteiger partial charge in [-0.25, -0.2) is 14.0 Å². The van der Waals surface area contributed by atoms with Crippen LogP contribution in [0, 0.1) is 11.7 Å². The molecule has 3 rings (SSSR count). The number of hydrogen-bond donors (Lipinski definition) is 2. The van der Waals surface area contributed by atoms with Crippen molar-refractivity contribution in [1.29, 1.82) is 0 Å². The quantitative estimate of drug-likeness (QED) is 0.417. The number of pyridine rings is 1. The molecule has 2 N–H and O–H groups in total. The van der Waals surface area contributed by atoms with Gasteiger partial charge in [-0.15, -0.1) is 0 Å². The average molecular weight is 529 g/mol. The number of ketones is 1. The number of aromatic nitrogens is 1. The fourth-order valence-electron chi connectivity index (χ4n) is 3.44. The number of nitrogens with zero attached hydrogens (tertiary/aromatic N) is 3. The molecule has 0 aliphatic carbocycles. The second kappa shape index (κ2) is 13.5. The molecule has 9 nitrogen and oxygen atoms in total. The summed E-state index contributed by atoms with van der Waals surface area (Å²) in [7, 11) is 3.20. The lowest BCUT2D eigenvalue weighted by Gasteiger charge is -2.31. The molecule has 0 atom stereocenters. The van der Waals surface area contributed by atoms with Gasteiger partial charge >= 0.3 is 18.2 Å². The van der Waals surface area contributed by atoms with Crippen molar-refractivity contribution >= 4 is 23.6 Å². The minimum absolute atomic E-state index is 0.00540. The van der Waals surface area contributed by atoms with E-state index in [-0.39, 0.29) is 17.6 Å². The number of hydrogen-bond acceptors (Lipinski definition) is 6. The molecule has 0 saturated carbocycles. The van der Waals surface area contributed by atoms with Crippen molar-refractivity contribution in [1.82, 2.24) is 15.2 Å². The summed E-state index contributed by atoms with van der Waals surface area (Å²) in [5.41, 5.74) is 0.528. The second-order valence-electron chi connectivity index (χ2n) is 8.24. The summed E-state index contributed by atoms with van der Waals surface area (Å²) in [6.07, 6.45) is -3.28. The first kappa shape index (κ1) is 29.5. The molecule has 1 aliphatic rings. The number of carboxylic acid groups (broad SMARTS) is 1. The van der Waals surface area contributed by atoms with Crippen molar-refractivity contribution in [2.24, 2.45) is 5.92 Å². The Bertz CT molecular complexity index is 1060. The number of alkyl halides is 3. The van der Waals surface area contributed by atoms with Gasteiger partial charge in [-0.1, -0.05) is 6.07 Å². The maximum atomic E-state index is 13.0. The number of carbonyl (C=O) groups excluding carboxylic acids is 2. The minimum atomic E-state index is -5.08. The molecular weight excluding hydrogens is 500 g/mol. The molecule has 2 aromatic rings. The van der Waals surface area contributed by atoms with Crippen LogP contribution in [0.25, 0.3) is 0 Å². The van der Waals surface area contributed by atoms with Gasteiger partial charge in [0.15, 0.2) is 5.78 Å². The first-order valence-electron chi connectivity index (χ1n) is 11.2. The zero-order valence-corrected chi connectivity index (χ0v) is 20.3. The number of anilines is 1. The Kier molecular flexibility index (Phi) is 10.8. The Hall–Kier alpha value is -3.74. The van der Waals surface area contributed by atoms with Crippen LogP contribution >= 0.6 is 0 Å².